The van der Waals surface area contributed by atoms with Crippen LogP contribution in [0.15, 0.2) is 78.9 Å². The molecule has 1 aromatic heterocycles. The zero-order valence-electron chi connectivity index (χ0n) is 24.2. The lowest BCUT2D eigenvalue weighted by Gasteiger charge is -2.38. The maximum Gasteiger partial charge on any atom is 0.249 e. The van der Waals surface area contributed by atoms with Crippen LogP contribution < -0.4 is 10.1 Å². The number of ether oxygens (including phenoxy) is 1. The maximum atomic E-state index is 14.2. The lowest BCUT2D eigenvalue weighted by molar-refractivity contribution is -0.144. The Morgan fingerprint density at radius 1 is 0.975 bits per heavy atom. The molecule has 0 spiro atoms. The number of nitrogens with one attached hydrogen (secondary N) is 2. The van der Waals surface area contributed by atoms with Crippen LogP contribution in [-0.4, -0.2) is 34.3 Å². The van der Waals surface area contributed by atoms with E-state index in [0.29, 0.717) is 24.4 Å². The molecule has 2 amide bonds. The summed E-state index contributed by atoms with van der Waals surface area (Å²) in [6, 6.07) is 25.5. The Labute approximate surface area is 236 Å². The summed E-state index contributed by atoms with van der Waals surface area (Å²) in [5, 5.41) is 4.24. The molecular weight excluding hydrogens is 498 g/mol. The molecule has 2 atom stereocenters. The summed E-state index contributed by atoms with van der Waals surface area (Å²) >= 11 is 0. The first-order chi connectivity index (χ1) is 19.0. The number of nitrogens with zero attached hydrogens (tertiary/aromatic N) is 1. The van der Waals surface area contributed by atoms with Gasteiger partial charge in [0.05, 0.1) is 7.11 Å². The number of benzene rings is 3. The molecule has 1 aliphatic rings. The molecule has 1 heterocycles. The Kier molecular flexibility index (Phi) is 7.21. The number of methoxy groups -OCH3 is 1. The summed E-state index contributed by atoms with van der Waals surface area (Å²) in [7, 11) is 1.61. The number of fused-ring (bicyclic) bond motifs is 1. The third kappa shape index (κ3) is 5.10. The van der Waals surface area contributed by atoms with Gasteiger partial charge in [-0.2, -0.15) is 0 Å². The molecule has 6 heteroatoms. The summed E-state index contributed by atoms with van der Waals surface area (Å²) in [6.07, 6.45) is 0.378. The smallest absolute Gasteiger partial charge is 0.249 e. The topological polar surface area (TPSA) is 74.4 Å². The molecule has 1 fully saturated rings. The molecule has 1 aliphatic carbocycles. The standard InChI is InChI=1S/C34H39N3O3/c1-22-30(26-14-10-11-15-28(26)35-22)31-27(33(31,2)3)20-29(38)37(21-23-12-8-7-9-13-23)34(4,5)32(39)36-24-16-18-25(40-6)19-17-24/h7-19,27,31,35H,20-21H2,1-6H3,(H,36,39)/t27-,31-/m1/s1. The van der Waals surface area contributed by atoms with Crippen molar-refractivity contribution in [1.82, 2.24) is 9.88 Å². The highest BCUT2D eigenvalue weighted by molar-refractivity contribution is 6.00. The second-order valence-electron chi connectivity index (χ2n) is 12.0. The summed E-state index contributed by atoms with van der Waals surface area (Å²) in [5.74, 6) is 0.905. The van der Waals surface area contributed by atoms with Crippen molar-refractivity contribution in [3.05, 3.63) is 95.7 Å². The molecule has 6 nitrogen and oxygen atoms in total. The minimum Gasteiger partial charge on any atom is -0.497 e. The largest absolute Gasteiger partial charge is 0.497 e. The van der Waals surface area contributed by atoms with Crippen molar-refractivity contribution in [2.75, 3.05) is 12.4 Å². The second-order valence-corrected chi connectivity index (χ2v) is 12.0. The van der Waals surface area contributed by atoms with Gasteiger partial charge in [-0.1, -0.05) is 62.4 Å². The number of para-hydroxylation sites is 1. The van der Waals surface area contributed by atoms with E-state index < -0.39 is 5.54 Å². The fourth-order valence-corrected chi connectivity index (χ4v) is 6.14. The SMILES string of the molecule is COc1ccc(NC(=O)C(C)(C)N(Cc2ccccc2)C(=O)C[C@@H]2[C@H](c3c(C)[nH]c4ccccc34)C2(C)C)cc1. The van der Waals surface area contributed by atoms with Crippen LogP contribution in [0.25, 0.3) is 10.9 Å². The fraction of sp³-hybridized carbons (Fsp3) is 0.353. The van der Waals surface area contributed by atoms with Crippen molar-refractivity contribution in [2.24, 2.45) is 11.3 Å². The van der Waals surface area contributed by atoms with Gasteiger partial charge in [0.15, 0.2) is 0 Å². The Morgan fingerprint density at radius 3 is 2.30 bits per heavy atom. The van der Waals surface area contributed by atoms with Crippen molar-refractivity contribution in [3.63, 3.8) is 0 Å². The van der Waals surface area contributed by atoms with Gasteiger partial charge in [0, 0.05) is 35.2 Å². The summed E-state index contributed by atoms with van der Waals surface area (Å²) < 4.78 is 5.24. The predicted molar refractivity (Wildman–Crippen MR) is 160 cm³/mol. The van der Waals surface area contributed by atoms with E-state index in [0.717, 1.165) is 16.8 Å². The van der Waals surface area contributed by atoms with Gasteiger partial charge < -0.3 is 19.9 Å². The highest BCUT2D eigenvalue weighted by Crippen LogP contribution is 2.67. The molecule has 0 saturated heterocycles. The third-order valence-electron chi connectivity index (χ3n) is 8.76. The first-order valence-electron chi connectivity index (χ1n) is 13.9. The van der Waals surface area contributed by atoms with Gasteiger partial charge in [-0.15, -0.1) is 0 Å². The van der Waals surface area contributed by atoms with Crippen LogP contribution in [0.1, 0.15) is 56.9 Å². The first kappa shape index (κ1) is 27.5. The van der Waals surface area contributed by atoms with Crippen molar-refractivity contribution in [2.45, 2.75) is 59.0 Å². The maximum absolute atomic E-state index is 14.2. The molecule has 208 valence electrons. The van der Waals surface area contributed by atoms with E-state index >= 15 is 0 Å². The van der Waals surface area contributed by atoms with E-state index in [1.54, 1.807) is 36.3 Å². The number of carbonyl (C=O) groups excluding carboxylic acids is 2. The zero-order valence-corrected chi connectivity index (χ0v) is 24.2. The lowest BCUT2D eigenvalue weighted by Crippen LogP contribution is -2.54. The molecule has 0 radical (unpaired) electrons. The average Bonchev–Trinajstić information content (AvgIpc) is 3.29. The van der Waals surface area contributed by atoms with Crippen molar-refractivity contribution < 1.29 is 14.3 Å². The summed E-state index contributed by atoms with van der Waals surface area (Å²) in [5.41, 5.74) is 4.13. The molecule has 4 aromatic rings. The Hall–Kier alpha value is -4.06. The number of hydrogen-bond donors (Lipinski definition) is 2. The normalized spacial score (nSPS) is 17.9. The van der Waals surface area contributed by atoms with Gasteiger partial charge in [-0.25, -0.2) is 0 Å². The van der Waals surface area contributed by atoms with Gasteiger partial charge >= 0.3 is 0 Å². The minimum absolute atomic E-state index is 0.0168. The van der Waals surface area contributed by atoms with E-state index in [2.05, 4.69) is 49.3 Å². The molecule has 3 aromatic carbocycles. The lowest BCUT2D eigenvalue weighted by atomic mass is 9.97. The first-order valence-corrected chi connectivity index (χ1v) is 13.9. The van der Waals surface area contributed by atoms with Crippen molar-refractivity contribution in [3.8, 4) is 5.75 Å². The molecule has 0 bridgehead atoms. The van der Waals surface area contributed by atoms with E-state index in [1.165, 1.54) is 10.9 Å². The van der Waals surface area contributed by atoms with Crippen LogP contribution in [0.2, 0.25) is 0 Å². The summed E-state index contributed by atoms with van der Waals surface area (Å²) in [4.78, 5) is 33.1. The summed E-state index contributed by atoms with van der Waals surface area (Å²) in [6.45, 7) is 10.6. The molecule has 2 N–H and O–H groups in total. The van der Waals surface area contributed by atoms with E-state index in [-0.39, 0.29) is 29.1 Å². The van der Waals surface area contributed by atoms with Gasteiger partial charge in [-0.3, -0.25) is 9.59 Å². The molecular formula is C34H39N3O3. The number of H-pyrrole nitrogens is 1. The second kappa shape index (κ2) is 10.5. The van der Waals surface area contributed by atoms with Crippen LogP contribution in [-0.2, 0) is 16.1 Å². The minimum atomic E-state index is -1.09. The van der Waals surface area contributed by atoms with Gasteiger partial charge in [0.1, 0.15) is 11.3 Å². The highest BCUT2D eigenvalue weighted by atomic mass is 16.5. The number of hydrogen-bond acceptors (Lipinski definition) is 3. The van der Waals surface area contributed by atoms with Crippen molar-refractivity contribution >= 4 is 28.4 Å². The number of aromatic amines is 1. The van der Waals surface area contributed by atoms with E-state index in [9.17, 15) is 9.59 Å². The molecule has 1 saturated carbocycles. The van der Waals surface area contributed by atoms with E-state index in [4.69, 9.17) is 4.74 Å². The third-order valence-corrected chi connectivity index (χ3v) is 8.76. The fourth-order valence-electron chi connectivity index (χ4n) is 6.14. The number of rotatable bonds is 9. The van der Waals surface area contributed by atoms with Crippen LogP contribution in [0.4, 0.5) is 5.69 Å². The van der Waals surface area contributed by atoms with Crippen LogP contribution in [0.5, 0.6) is 5.75 Å². The van der Waals surface area contributed by atoms with Crippen molar-refractivity contribution in [1.29, 1.82) is 0 Å². The average molecular weight is 538 g/mol. The quantitative estimate of drug-likeness (QED) is 0.240. The monoisotopic (exact) mass is 537 g/mol. The highest BCUT2D eigenvalue weighted by Gasteiger charge is 2.60. The zero-order chi connectivity index (χ0) is 28.7. The number of aryl methyl sites for hydroxylation is 1. The van der Waals surface area contributed by atoms with Gasteiger partial charge in [0.2, 0.25) is 11.8 Å². The van der Waals surface area contributed by atoms with Crippen LogP contribution in [0, 0.1) is 18.3 Å². The molecule has 0 aliphatic heterocycles. The van der Waals surface area contributed by atoms with Crippen LogP contribution >= 0.6 is 0 Å². The Bertz CT molecular complexity index is 1520. The number of amides is 2. The Balaban J connectivity index is 1.40. The van der Waals surface area contributed by atoms with Gasteiger partial charge in [0.25, 0.3) is 0 Å². The number of aromatic nitrogens is 1. The Morgan fingerprint density at radius 2 is 1.62 bits per heavy atom. The molecule has 0 unspecified atom stereocenters. The van der Waals surface area contributed by atoms with E-state index in [1.807, 2.05) is 50.2 Å². The van der Waals surface area contributed by atoms with Crippen LogP contribution in [0.3, 0.4) is 0 Å². The molecule has 5 rings (SSSR count). The number of carbonyl (C=O) groups is 2. The number of anilines is 1. The molecule has 40 heavy (non-hydrogen) atoms. The van der Waals surface area contributed by atoms with Gasteiger partial charge in [-0.05, 0) is 79.5 Å². The predicted octanol–water partition coefficient (Wildman–Crippen LogP) is 7.06.